The Morgan fingerprint density at radius 3 is 2.43 bits per heavy atom. The van der Waals surface area contributed by atoms with Crippen molar-refractivity contribution in [3.63, 3.8) is 0 Å². The third-order valence-corrected chi connectivity index (χ3v) is 1.88. The van der Waals surface area contributed by atoms with Gasteiger partial charge in [0.1, 0.15) is 0 Å². The first kappa shape index (κ1) is 13.7. The summed E-state index contributed by atoms with van der Waals surface area (Å²) in [4.78, 5) is 10.8. The minimum atomic E-state index is -0.837. The average Bonchev–Trinajstić information content (AvgIpc) is 2.03. The van der Waals surface area contributed by atoms with E-state index in [1.54, 1.807) is 12.1 Å². The van der Waals surface area contributed by atoms with Crippen LogP contribution >= 0.6 is 0 Å². The van der Waals surface area contributed by atoms with Crippen molar-refractivity contribution in [1.82, 2.24) is 0 Å². The van der Waals surface area contributed by atoms with Crippen LogP contribution in [0, 0.1) is 5.92 Å². The van der Waals surface area contributed by atoms with E-state index in [0.717, 1.165) is 12.0 Å². The van der Waals surface area contributed by atoms with Crippen LogP contribution < -0.4 is 0 Å². The van der Waals surface area contributed by atoms with Crippen LogP contribution in [0.15, 0.2) is 24.3 Å². The monoisotopic (exact) mass is 202 g/mol. The number of carbonyl (C=O) groups is 1. The maximum absolute atomic E-state index is 10.8. The molecule has 0 aliphatic carbocycles. The van der Waals surface area contributed by atoms with E-state index in [1.165, 1.54) is 0 Å². The first-order chi connectivity index (χ1) is 6.11. The molecule has 0 fully saturated rings. The van der Waals surface area contributed by atoms with Gasteiger partial charge in [0, 0.05) is 0 Å². The van der Waals surface area contributed by atoms with Crippen molar-refractivity contribution in [2.45, 2.75) is 20.3 Å². The van der Waals surface area contributed by atoms with Crippen LogP contribution in [0.4, 0.5) is 0 Å². The van der Waals surface area contributed by atoms with Gasteiger partial charge in [-0.3, -0.25) is 0 Å². The van der Waals surface area contributed by atoms with Crippen LogP contribution in [0.3, 0.4) is 0 Å². The van der Waals surface area contributed by atoms with Crippen LogP contribution in [-0.4, -0.2) is 40.6 Å². The van der Waals surface area contributed by atoms with E-state index in [4.69, 9.17) is 5.11 Å². The number of aromatic carboxylic acids is 1. The Morgan fingerprint density at radius 1 is 1.36 bits per heavy atom. The second-order valence-electron chi connectivity index (χ2n) is 3.56. The molecule has 0 aliphatic rings. The minimum absolute atomic E-state index is 0. The maximum atomic E-state index is 10.8. The van der Waals surface area contributed by atoms with Gasteiger partial charge in [-0.2, -0.15) is 0 Å². The van der Waals surface area contributed by atoms with Gasteiger partial charge < -0.3 is 5.11 Å². The average molecular weight is 202 g/mol. The molecule has 0 heterocycles. The molecule has 0 radical (unpaired) electrons. The van der Waals surface area contributed by atoms with Crippen LogP contribution in [0.1, 0.15) is 29.8 Å². The van der Waals surface area contributed by atoms with E-state index in [1.807, 2.05) is 12.1 Å². The Kier molecular flexibility index (Phi) is 6.09. The number of carboxylic acid groups (broad SMARTS) is 1. The fourth-order valence-corrected chi connectivity index (χ4v) is 1.35. The Balaban J connectivity index is 0.00000169. The van der Waals surface area contributed by atoms with Crippen LogP contribution in [0.2, 0.25) is 0 Å². The quantitative estimate of drug-likeness (QED) is 0.760. The molecule has 0 saturated heterocycles. The zero-order chi connectivity index (χ0) is 9.84. The van der Waals surface area contributed by atoms with Crippen molar-refractivity contribution >= 4 is 35.5 Å². The number of carboxylic acids is 1. The normalized spacial score (nSPS) is 9.64. The molecule has 0 aromatic heterocycles. The molecule has 0 aliphatic heterocycles. The zero-order valence-corrected chi connectivity index (χ0v) is 7.95. The molecule has 0 saturated carbocycles. The van der Waals surface area contributed by atoms with E-state index < -0.39 is 5.97 Å². The third kappa shape index (κ3) is 3.82. The molecular formula is C11H15NaO2. The summed E-state index contributed by atoms with van der Waals surface area (Å²) < 4.78 is 0. The summed E-state index contributed by atoms with van der Waals surface area (Å²) in [6.45, 7) is 4.16. The van der Waals surface area contributed by atoms with E-state index in [-0.39, 0.29) is 29.6 Å². The van der Waals surface area contributed by atoms with E-state index in [9.17, 15) is 4.79 Å². The number of hydrogen-bond donors (Lipinski definition) is 1. The summed E-state index contributed by atoms with van der Waals surface area (Å²) in [6.07, 6.45) is 0.822. The van der Waals surface area contributed by atoms with Crippen LogP contribution in [0.25, 0.3) is 0 Å². The summed E-state index contributed by atoms with van der Waals surface area (Å²) in [5, 5.41) is 8.88. The van der Waals surface area contributed by atoms with Crippen molar-refractivity contribution in [2.75, 3.05) is 0 Å². The molecule has 72 valence electrons. The summed E-state index contributed by atoms with van der Waals surface area (Å²) in [6, 6.07) is 7.17. The molecule has 1 N–H and O–H groups in total. The first-order valence-electron chi connectivity index (χ1n) is 4.42. The Hall–Kier alpha value is -0.310. The molecule has 14 heavy (non-hydrogen) atoms. The van der Waals surface area contributed by atoms with Crippen molar-refractivity contribution < 1.29 is 9.90 Å². The van der Waals surface area contributed by atoms with Crippen molar-refractivity contribution in [3.05, 3.63) is 35.4 Å². The molecule has 0 unspecified atom stereocenters. The molecule has 1 aromatic carbocycles. The molecule has 3 heteroatoms. The van der Waals surface area contributed by atoms with Gasteiger partial charge in [0.25, 0.3) is 0 Å². The molecule has 1 aromatic rings. The topological polar surface area (TPSA) is 37.3 Å². The zero-order valence-electron chi connectivity index (χ0n) is 7.95. The second kappa shape index (κ2) is 6.23. The predicted molar refractivity (Wildman–Crippen MR) is 59.1 cm³/mol. The number of benzene rings is 1. The molecule has 0 bridgehead atoms. The predicted octanol–water partition coefficient (Wildman–Crippen LogP) is 1.93. The molecule has 1 rings (SSSR count). The Bertz CT molecular complexity index is 308. The molecular weight excluding hydrogens is 187 g/mol. The summed E-state index contributed by atoms with van der Waals surface area (Å²) in [5.74, 6) is -0.350. The number of hydrogen-bond acceptors (Lipinski definition) is 1. The van der Waals surface area contributed by atoms with Crippen molar-refractivity contribution in [1.29, 1.82) is 0 Å². The van der Waals surface area contributed by atoms with Gasteiger partial charge in [-0.05, 0) is 24.0 Å². The fourth-order valence-electron chi connectivity index (χ4n) is 1.35. The molecule has 0 atom stereocenters. The summed E-state index contributed by atoms with van der Waals surface area (Å²) in [7, 11) is 0. The molecule has 2 nitrogen and oxygen atoms in total. The number of rotatable bonds is 3. The van der Waals surface area contributed by atoms with Gasteiger partial charge in [0.2, 0.25) is 0 Å². The van der Waals surface area contributed by atoms with Crippen molar-refractivity contribution in [2.24, 2.45) is 5.92 Å². The van der Waals surface area contributed by atoms with Crippen LogP contribution in [-0.2, 0) is 6.42 Å². The van der Waals surface area contributed by atoms with Gasteiger partial charge in [0.05, 0.1) is 5.56 Å². The first-order valence-corrected chi connectivity index (χ1v) is 4.42. The van der Waals surface area contributed by atoms with E-state index in [0.29, 0.717) is 11.5 Å². The Morgan fingerprint density at radius 2 is 1.93 bits per heavy atom. The van der Waals surface area contributed by atoms with Gasteiger partial charge in [-0.25, -0.2) is 4.79 Å². The van der Waals surface area contributed by atoms with Gasteiger partial charge >= 0.3 is 35.5 Å². The van der Waals surface area contributed by atoms with Crippen LogP contribution in [0.5, 0.6) is 0 Å². The summed E-state index contributed by atoms with van der Waals surface area (Å²) in [5.41, 5.74) is 1.35. The third-order valence-electron chi connectivity index (χ3n) is 1.88. The van der Waals surface area contributed by atoms with Gasteiger partial charge in [0.15, 0.2) is 0 Å². The van der Waals surface area contributed by atoms with E-state index >= 15 is 0 Å². The SMILES string of the molecule is CC(C)Cc1ccccc1C(=O)O.[NaH]. The fraction of sp³-hybridized carbons (Fsp3) is 0.364. The van der Waals surface area contributed by atoms with Crippen molar-refractivity contribution in [3.8, 4) is 0 Å². The second-order valence-corrected chi connectivity index (χ2v) is 3.56. The molecule has 0 spiro atoms. The Labute approximate surface area is 107 Å². The van der Waals surface area contributed by atoms with Gasteiger partial charge in [-0.15, -0.1) is 0 Å². The molecule has 0 amide bonds. The van der Waals surface area contributed by atoms with E-state index in [2.05, 4.69) is 13.8 Å². The standard InChI is InChI=1S/C11H14O2.Na.H/c1-8(2)7-9-5-3-4-6-10(9)11(12)13;;/h3-6,8H,7H2,1-2H3,(H,12,13);;. The summed E-state index contributed by atoms with van der Waals surface area (Å²) >= 11 is 0. The van der Waals surface area contributed by atoms with Gasteiger partial charge in [-0.1, -0.05) is 32.0 Å².